The first-order chi connectivity index (χ1) is 15.4. The van der Waals surface area contributed by atoms with Crippen molar-refractivity contribution in [3.05, 3.63) is 98.2 Å². The van der Waals surface area contributed by atoms with Gasteiger partial charge in [0, 0.05) is 4.47 Å². The van der Waals surface area contributed by atoms with Gasteiger partial charge in [-0.1, -0.05) is 28.1 Å². The van der Waals surface area contributed by atoms with E-state index in [1.165, 1.54) is 0 Å². The van der Waals surface area contributed by atoms with Gasteiger partial charge in [0.15, 0.2) is 5.43 Å². The molecule has 4 aromatic rings. The normalized spacial score (nSPS) is 15.6. The van der Waals surface area contributed by atoms with Crippen LogP contribution in [0.1, 0.15) is 47.3 Å². The van der Waals surface area contributed by atoms with Crippen molar-refractivity contribution in [3.8, 4) is 5.75 Å². The Labute approximate surface area is 192 Å². The van der Waals surface area contributed by atoms with E-state index >= 15 is 0 Å². The summed E-state index contributed by atoms with van der Waals surface area (Å²) in [6.07, 6.45) is 1.60. The average Bonchev–Trinajstić information content (AvgIpc) is 3.37. The van der Waals surface area contributed by atoms with Gasteiger partial charge in [0.1, 0.15) is 17.1 Å². The number of ether oxygens (including phenoxy) is 1. The molecule has 0 fully saturated rings. The number of hydrogen-bond donors (Lipinski definition) is 0. The molecule has 0 N–H and O–H groups in total. The zero-order chi connectivity index (χ0) is 22.4. The summed E-state index contributed by atoms with van der Waals surface area (Å²) in [7, 11) is 0. The van der Waals surface area contributed by atoms with E-state index in [-0.39, 0.29) is 29.7 Å². The molecule has 7 heteroatoms. The van der Waals surface area contributed by atoms with Crippen LogP contribution in [0.3, 0.4) is 0 Å². The van der Waals surface area contributed by atoms with E-state index in [1.807, 2.05) is 38.1 Å². The molecular weight excluding hydrogens is 474 g/mol. The van der Waals surface area contributed by atoms with Crippen LogP contribution in [0.25, 0.3) is 11.0 Å². The number of fused-ring (bicyclic) bond motifs is 2. The Morgan fingerprint density at radius 2 is 1.88 bits per heavy atom. The van der Waals surface area contributed by atoms with Crippen molar-refractivity contribution in [3.63, 3.8) is 0 Å². The van der Waals surface area contributed by atoms with Gasteiger partial charge in [-0.3, -0.25) is 9.59 Å². The number of benzene rings is 2. The molecule has 162 valence electrons. The molecular formula is C25H20BrNO5. The number of halogens is 1. The predicted octanol–water partition coefficient (Wildman–Crippen LogP) is 5.68. The van der Waals surface area contributed by atoms with Gasteiger partial charge in [0.05, 0.1) is 35.9 Å². The van der Waals surface area contributed by atoms with Crippen LogP contribution in [0.4, 0.5) is 0 Å². The van der Waals surface area contributed by atoms with Gasteiger partial charge in [-0.15, -0.1) is 0 Å². The predicted molar refractivity (Wildman–Crippen MR) is 123 cm³/mol. The Bertz CT molecular complexity index is 1360. The zero-order valence-electron chi connectivity index (χ0n) is 17.5. The summed E-state index contributed by atoms with van der Waals surface area (Å²) in [4.78, 5) is 28.6. The van der Waals surface area contributed by atoms with Crippen molar-refractivity contribution < 1.29 is 18.4 Å². The van der Waals surface area contributed by atoms with Crippen molar-refractivity contribution in [1.29, 1.82) is 0 Å². The highest BCUT2D eigenvalue weighted by Crippen LogP contribution is 2.39. The summed E-state index contributed by atoms with van der Waals surface area (Å²) < 4.78 is 18.0. The van der Waals surface area contributed by atoms with E-state index in [9.17, 15) is 9.59 Å². The lowest BCUT2D eigenvalue weighted by molar-refractivity contribution is 0.0701. The monoisotopic (exact) mass is 493 g/mol. The minimum atomic E-state index is -0.602. The first-order valence-electron chi connectivity index (χ1n) is 10.3. The fraction of sp³-hybridized carbons (Fsp3) is 0.200. The Morgan fingerprint density at radius 3 is 2.56 bits per heavy atom. The molecule has 3 heterocycles. The van der Waals surface area contributed by atoms with Crippen molar-refractivity contribution in [1.82, 2.24) is 4.90 Å². The highest BCUT2D eigenvalue weighted by Gasteiger charge is 2.43. The molecule has 1 amide bonds. The van der Waals surface area contributed by atoms with Crippen LogP contribution in [0.15, 0.2) is 79.0 Å². The third-order valence-corrected chi connectivity index (χ3v) is 5.89. The van der Waals surface area contributed by atoms with Crippen LogP contribution in [0.5, 0.6) is 5.75 Å². The van der Waals surface area contributed by atoms with E-state index in [1.54, 1.807) is 41.5 Å². The SMILES string of the molecule is CC(C)Oc1ccc(C2c3c(oc4ccc(Br)cc4c3=O)C(=O)N2Cc2ccco2)cc1. The average molecular weight is 494 g/mol. The largest absolute Gasteiger partial charge is 0.491 e. The number of carbonyl (C=O) groups excluding carboxylic acids is 1. The quantitative estimate of drug-likeness (QED) is 0.357. The molecule has 2 aromatic heterocycles. The highest BCUT2D eigenvalue weighted by molar-refractivity contribution is 9.10. The molecule has 2 aromatic carbocycles. The second-order valence-corrected chi connectivity index (χ2v) is 8.88. The maximum absolute atomic E-state index is 13.6. The summed E-state index contributed by atoms with van der Waals surface area (Å²) in [5.74, 6) is 1.07. The van der Waals surface area contributed by atoms with Crippen molar-refractivity contribution in [2.75, 3.05) is 0 Å². The zero-order valence-corrected chi connectivity index (χ0v) is 19.1. The van der Waals surface area contributed by atoms with Gasteiger partial charge in [0.25, 0.3) is 5.91 Å². The molecule has 0 radical (unpaired) electrons. The molecule has 0 saturated heterocycles. The summed E-state index contributed by atoms with van der Waals surface area (Å²) in [6, 6.07) is 15.6. The van der Waals surface area contributed by atoms with Gasteiger partial charge in [-0.05, 0) is 61.9 Å². The van der Waals surface area contributed by atoms with Crippen molar-refractivity contribution in [2.24, 2.45) is 0 Å². The first kappa shape index (κ1) is 20.6. The summed E-state index contributed by atoms with van der Waals surface area (Å²) in [5, 5.41) is 0.426. The van der Waals surface area contributed by atoms with E-state index in [0.29, 0.717) is 22.3 Å². The van der Waals surface area contributed by atoms with Gasteiger partial charge in [-0.2, -0.15) is 0 Å². The number of amides is 1. The fourth-order valence-corrected chi connectivity index (χ4v) is 4.43. The fourth-order valence-electron chi connectivity index (χ4n) is 4.07. The van der Waals surface area contributed by atoms with Crippen LogP contribution in [-0.2, 0) is 6.54 Å². The summed E-state index contributed by atoms with van der Waals surface area (Å²) in [6.45, 7) is 4.13. The minimum absolute atomic E-state index is 0.0435. The first-order valence-corrected chi connectivity index (χ1v) is 11.1. The summed E-state index contributed by atoms with van der Waals surface area (Å²) >= 11 is 3.41. The Morgan fingerprint density at radius 1 is 1.09 bits per heavy atom. The van der Waals surface area contributed by atoms with E-state index in [4.69, 9.17) is 13.6 Å². The van der Waals surface area contributed by atoms with Gasteiger partial charge < -0.3 is 18.5 Å². The van der Waals surface area contributed by atoms with Crippen molar-refractivity contribution >= 4 is 32.8 Å². The molecule has 0 aliphatic carbocycles. The van der Waals surface area contributed by atoms with Crippen LogP contribution in [-0.4, -0.2) is 16.9 Å². The van der Waals surface area contributed by atoms with Crippen molar-refractivity contribution in [2.45, 2.75) is 32.5 Å². The van der Waals surface area contributed by atoms with Gasteiger partial charge >= 0.3 is 0 Å². The van der Waals surface area contributed by atoms with Crippen LogP contribution in [0, 0.1) is 0 Å². The molecule has 0 bridgehead atoms. The van der Waals surface area contributed by atoms with Crippen LogP contribution < -0.4 is 10.2 Å². The number of carbonyl (C=O) groups is 1. The van der Waals surface area contributed by atoms with E-state index in [0.717, 1.165) is 15.8 Å². The van der Waals surface area contributed by atoms with E-state index < -0.39 is 6.04 Å². The second kappa shape index (κ2) is 7.98. The Balaban J connectivity index is 1.68. The molecule has 1 aliphatic heterocycles. The standard InChI is InChI=1S/C25H20BrNO5/c1-14(2)31-17-8-5-15(6-9-17)22-21-23(28)19-12-16(26)7-10-20(19)32-24(21)25(29)27(22)13-18-4-3-11-30-18/h3-12,14,22H,13H2,1-2H3. The molecule has 32 heavy (non-hydrogen) atoms. The third kappa shape index (κ3) is 3.52. The molecule has 1 atom stereocenters. The number of nitrogens with zero attached hydrogens (tertiary/aromatic N) is 1. The maximum Gasteiger partial charge on any atom is 0.291 e. The summed E-state index contributed by atoms with van der Waals surface area (Å²) in [5.41, 5.74) is 1.29. The highest BCUT2D eigenvalue weighted by atomic mass is 79.9. The van der Waals surface area contributed by atoms with Gasteiger partial charge in [-0.25, -0.2) is 0 Å². The minimum Gasteiger partial charge on any atom is -0.491 e. The number of furan rings is 1. The molecule has 1 aliphatic rings. The molecule has 0 saturated carbocycles. The maximum atomic E-state index is 13.6. The topological polar surface area (TPSA) is 72.9 Å². The second-order valence-electron chi connectivity index (χ2n) is 7.97. The molecule has 6 nitrogen and oxygen atoms in total. The lowest BCUT2D eigenvalue weighted by atomic mass is 9.98. The third-order valence-electron chi connectivity index (χ3n) is 5.40. The van der Waals surface area contributed by atoms with E-state index in [2.05, 4.69) is 15.9 Å². The Kier molecular flexibility index (Phi) is 5.13. The molecule has 1 unspecified atom stereocenters. The Hall–Kier alpha value is -3.32. The molecule has 5 rings (SSSR count). The smallest absolute Gasteiger partial charge is 0.291 e. The number of rotatable bonds is 5. The molecule has 0 spiro atoms. The van der Waals surface area contributed by atoms with Crippen LogP contribution in [0.2, 0.25) is 0 Å². The van der Waals surface area contributed by atoms with Gasteiger partial charge in [0.2, 0.25) is 5.76 Å². The lowest BCUT2D eigenvalue weighted by Crippen LogP contribution is -2.29. The van der Waals surface area contributed by atoms with Crippen LogP contribution >= 0.6 is 15.9 Å². The lowest BCUT2D eigenvalue weighted by Gasteiger charge is -2.24. The number of hydrogen-bond acceptors (Lipinski definition) is 5.